The lowest BCUT2D eigenvalue weighted by molar-refractivity contribution is -0.127. The van der Waals surface area contributed by atoms with Crippen molar-refractivity contribution in [1.82, 2.24) is 10.6 Å². The van der Waals surface area contributed by atoms with Gasteiger partial charge in [0.15, 0.2) is 6.61 Å². The third-order valence-electron chi connectivity index (χ3n) is 4.68. The standard InChI is InChI=1S/C20H24N2O4/c1-25-16-7-9-17(10-8-16)26-14-19(24)22-20(11-12-21-13-18(20)23)15-5-3-2-4-6-15/h2-10,18,21,23H,11-14H2,1H3,(H,22,24)/t18-,20+/m1/s1. The van der Waals surface area contributed by atoms with Crippen LogP contribution in [0.5, 0.6) is 11.5 Å². The van der Waals surface area contributed by atoms with Crippen molar-refractivity contribution in [1.29, 1.82) is 0 Å². The van der Waals surface area contributed by atoms with Crippen LogP contribution < -0.4 is 20.1 Å². The minimum Gasteiger partial charge on any atom is -0.497 e. The third-order valence-corrected chi connectivity index (χ3v) is 4.68. The van der Waals surface area contributed by atoms with Crippen LogP contribution in [0.4, 0.5) is 0 Å². The molecule has 1 amide bonds. The fraction of sp³-hybridized carbons (Fsp3) is 0.350. The first kappa shape index (κ1) is 18.2. The minimum absolute atomic E-state index is 0.124. The number of hydrogen-bond donors (Lipinski definition) is 3. The topological polar surface area (TPSA) is 79.8 Å². The largest absolute Gasteiger partial charge is 0.497 e. The van der Waals surface area contributed by atoms with Gasteiger partial charge in [0.05, 0.1) is 18.8 Å². The molecule has 6 heteroatoms. The molecule has 0 aliphatic carbocycles. The number of carbonyl (C=O) groups is 1. The van der Waals surface area contributed by atoms with Crippen LogP contribution in [0.15, 0.2) is 54.6 Å². The first-order valence-corrected chi connectivity index (χ1v) is 8.66. The molecule has 0 unspecified atom stereocenters. The molecular weight excluding hydrogens is 332 g/mol. The molecule has 138 valence electrons. The highest BCUT2D eigenvalue weighted by Crippen LogP contribution is 2.31. The summed E-state index contributed by atoms with van der Waals surface area (Å²) >= 11 is 0. The molecule has 0 bridgehead atoms. The Kier molecular flexibility index (Phi) is 5.75. The Morgan fingerprint density at radius 3 is 2.54 bits per heavy atom. The maximum Gasteiger partial charge on any atom is 0.258 e. The molecule has 0 spiro atoms. The van der Waals surface area contributed by atoms with Crippen molar-refractivity contribution in [2.24, 2.45) is 0 Å². The summed E-state index contributed by atoms with van der Waals surface area (Å²) in [7, 11) is 1.59. The number of methoxy groups -OCH3 is 1. The summed E-state index contributed by atoms with van der Waals surface area (Å²) < 4.78 is 10.7. The predicted molar refractivity (Wildman–Crippen MR) is 98.2 cm³/mol. The monoisotopic (exact) mass is 356 g/mol. The normalized spacial score (nSPS) is 22.5. The molecule has 6 nitrogen and oxygen atoms in total. The number of aliphatic hydroxyl groups excluding tert-OH is 1. The van der Waals surface area contributed by atoms with Gasteiger partial charge in [-0.3, -0.25) is 4.79 Å². The Morgan fingerprint density at radius 2 is 1.88 bits per heavy atom. The van der Waals surface area contributed by atoms with Gasteiger partial charge < -0.3 is 25.2 Å². The van der Waals surface area contributed by atoms with Gasteiger partial charge in [-0.25, -0.2) is 0 Å². The lowest BCUT2D eigenvalue weighted by Gasteiger charge is -2.42. The summed E-state index contributed by atoms with van der Waals surface area (Å²) in [4.78, 5) is 12.5. The summed E-state index contributed by atoms with van der Waals surface area (Å²) in [6.07, 6.45) is -0.115. The van der Waals surface area contributed by atoms with Gasteiger partial charge in [-0.1, -0.05) is 30.3 Å². The molecule has 2 aromatic rings. The second-order valence-electron chi connectivity index (χ2n) is 6.32. The Balaban J connectivity index is 1.69. The third kappa shape index (κ3) is 3.98. The first-order valence-electron chi connectivity index (χ1n) is 8.66. The Bertz CT molecular complexity index is 720. The van der Waals surface area contributed by atoms with Crippen molar-refractivity contribution in [3.05, 3.63) is 60.2 Å². The van der Waals surface area contributed by atoms with Gasteiger partial charge in [0.2, 0.25) is 0 Å². The zero-order chi connectivity index (χ0) is 18.4. The lowest BCUT2D eigenvalue weighted by Crippen LogP contribution is -2.61. The van der Waals surface area contributed by atoms with Crippen LogP contribution in [0.25, 0.3) is 0 Å². The molecule has 1 aliphatic rings. The number of piperidine rings is 1. The summed E-state index contributed by atoms with van der Waals surface area (Å²) in [6.45, 7) is 1.02. The summed E-state index contributed by atoms with van der Waals surface area (Å²) in [5.41, 5.74) is 0.0825. The van der Waals surface area contributed by atoms with Crippen molar-refractivity contribution >= 4 is 5.91 Å². The Hall–Kier alpha value is -2.57. The summed E-state index contributed by atoms with van der Waals surface area (Å²) in [5, 5.41) is 16.8. The molecule has 1 fully saturated rings. The van der Waals surface area contributed by atoms with E-state index in [-0.39, 0.29) is 12.5 Å². The van der Waals surface area contributed by atoms with Gasteiger partial charge in [0.25, 0.3) is 5.91 Å². The number of carbonyl (C=O) groups excluding carboxylic acids is 1. The van der Waals surface area contributed by atoms with E-state index in [9.17, 15) is 9.90 Å². The number of aliphatic hydroxyl groups is 1. The van der Waals surface area contributed by atoms with Crippen LogP contribution in [-0.4, -0.2) is 43.9 Å². The van der Waals surface area contributed by atoms with Crippen LogP contribution in [0.1, 0.15) is 12.0 Å². The molecule has 0 saturated carbocycles. The second-order valence-corrected chi connectivity index (χ2v) is 6.32. The molecule has 1 saturated heterocycles. The quantitative estimate of drug-likeness (QED) is 0.730. The highest BCUT2D eigenvalue weighted by Gasteiger charge is 2.42. The molecule has 0 aromatic heterocycles. The van der Waals surface area contributed by atoms with Crippen molar-refractivity contribution in [3.8, 4) is 11.5 Å². The average molecular weight is 356 g/mol. The van der Waals surface area contributed by atoms with Gasteiger partial charge in [0.1, 0.15) is 11.5 Å². The SMILES string of the molecule is COc1ccc(OCC(=O)N[C@]2(c3ccccc3)CCNC[C@H]2O)cc1. The molecule has 2 aromatic carbocycles. The van der Waals surface area contributed by atoms with E-state index in [2.05, 4.69) is 10.6 Å². The highest BCUT2D eigenvalue weighted by molar-refractivity contribution is 5.78. The predicted octanol–water partition coefficient (Wildman–Crippen LogP) is 1.44. The number of benzene rings is 2. The molecule has 3 N–H and O–H groups in total. The summed E-state index contributed by atoms with van der Waals surface area (Å²) in [6, 6.07) is 16.6. The minimum atomic E-state index is -0.813. The van der Waals surface area contributed by atoms with Crippen molar-refractivity contribution in [3.63, 3.8) is 0 Å². The molecular formula is C20H24N2O4. The number of amides is 1. The summed E-state index contributed by atoms with van der Waals surface area (Å²) in [5.74, 6) is 1.04. The fourth-order valence-electron chi connectivity index (χ4n) is 3.26. The first-order chi connectivity index (χ1) is 12.6. The number of β-amino-alcohol motifs (C(OH)–C–C–N with tert-alkyl or cyclic N) is 1. The van der Waals surface area contributed by atoms with Crippen LogP contribution in [0.3, 0.4) is 0 Å². The van der Waals surface area contributed by atoms with E-state index >= 15 is 0 Å². The average Bonchev–Trinajstić information content (AvgIpc) is 2.69. The van der Waals surface area contributed by atoms with E-state index in [0.29, 0.717) is 25.3 Å². The van der Waals surface area contributed by atoms with Crippen molar-refractivity contribution in [2.75, 3.05) is 26.8 Å². The van der Waals surface area contributed by atoms with E-state index < -0.39 is 11.6 Å². The van der Waals surface area contributed by atoms with Gasteiger partial charge >= 0.3 is 0 Å². The molecule has 1 heterocycles. The highest BCUT2D eigenvalue weighted by atomic mass is 16.5. The van der Waals surface area contributed by atoms with Crippen LogP contribution >= 0.6 is 0 Å². The Morgan fingerprint density at radius 1 is 1.19 bits per heavy atom. The molecule has 3 rings (SSSR count). The van der Waals surface area contributed by atoms with E-state index in [1.165, 1.54) is 0 Å². The van der Waals surface area contributed by atoms with E-state index in [4.69, 9.17) is 9.47 Å². The maximum atomic E-state index is 12.5. The zero-order valence-corrected chi connectivity index (χ0v) is 14.8. The number of ether oxygens (including phenoxy) is 2. The van der Waals surface area contributed by atoms with Crippen LogP contribution in [-0.2, 0) is 10.3 Å². The number of rotatable bonds is 6. The molecule has 1 aliphatic heterocycles. The van der Waals surface area contributed by atoms with Gasteiger partial charge in [-0.2, -0.15) is 0 Å². The van der Waals surface area contributed by atoms with E-state index in [1.54, 1.807) is 31.4 Å². The fourth-order valence-corrected chi connectivity index (χ4v) is 3.26. The molecule has 0 radical (unpaired) electrons. The van der Waals surface area contributed by atoms with E-state index in [1.807, 2.05) is 30.3 Å². The lowest BCUT2D eigenvalue weighted by atomic mass is 9.79. The Labute approximate surface area is 153 Å². The van der Waals surface area contributed by atoms with E-state index in [0.717, 1.165) is 11.3 Å². The van der Waals surface area contributed by atoms with Gasteiger partial charge in [-0.15, -0.1) is 0 Å². The van der Waals surface area contributed by atoms with Crippen molar-refractivity contribution < 1.29 is 19.4 Å². The smallest absolute Gasteiger partial charge is 0.258 e. The molecule has 2 atom stereocenters. The van der Waals surface area contributed by atoms with Gasteiger partial charge in [-0.05, 0) is 42.8 Å². The van der Waals surface area contributed by atoms with Gasteiger partial charge in [0, 0.05) is 6.54 Å². The zero-order valence-electron chi connectivity index (χ0n) is 14.8. The van der Waals surface area contributed by atoms with Crippen LogP contribution in [0.2, 0.25) is 0 Å². The number of nitrogens with one attached hydrogen (secondary N) is 2. The second kappa shape index (κ2) is 8.21. The maximum absolute atomic E-state index is 12.5. The molecule has 26 heavy (non-hydrogen) atoms. The number of hydrogen-bond acceptors (Lipinski definition) is 5. The van der Waals surface area contributed by atoms with Crippen LogP contribution in [0, 0.1) is 0 Å². The van der Waals surface area contributed by atoms with Crippen molar-refractivity contribution in [2.45, 2.75) is 18.1 Å².